The van der Waals surface area contributed by atoms with E-state index >= 15 is 0 Å². The molecule has 1 aromatic rings. The van der Waals surface area contributed by atoms with Crippen LogP contribution in [-0.2, 0) is 6.54 Å². The minimum atomic E-state index is -0.133. The first-order chi connectivity index (χ1) is 6.49. The van der Waals surface area contributed by atoms with Crippen molar-refractivity contribution in [3.8, 4) is 0 Å². The van der Waals surface area contributed by atoms with Crippen LogP contribution in [0.5, 0.6) is 0 Å². The van der Waals surface area contributed by atoms with Crippen molar-refractivity contribution in [2.75, 3.05) is 14.1 Å². The summed E-state index contributed by atoms with van der Waals surface area (Å²) in [6.45, 7) is 2.21. The monoisotopic (exact) mass is 192 g/mol. The molecule has 0 saturated heterocycles. The minimum absolute atomic E-state index is 0.133. The summed E-state index contributed by atoms with van der Waals surface area (Å²) < 4.78 is 0.347. The standard InChI is InChI=1S/C11H16N2O/c1-10(14)12-13(2,3)9-11-7-5-4-6-8-11/h4-8H,9H2,1-3H3. The van der Waals surface area contributed by atoms with Crippen LogP contribution in [0.1, 0.15) is 12.5 Å². The van der Waals surface area contributed by atoms with Gasteiger partial charge in [0.05, 0.1) is 14.1 Å². The molecule has 0 aliphatic carbocycles. The molecule has 0 heterocycles. The fourth-order valence-electron chi connectivity index (χ4n) is 1.45. The maximum absolute atomic E-state index is 10.9. The van der Waals surface area contributed by atoms with Crippen molar-refractivity contribution >= 4 is 5.90 Å². The van der Waals surface area contributed by atoms with Gasteiger partial charge < -0.3 is 5.11 Å². The Morgan fingerprint density at radius 1 is 1.29 bits per heavy atom. The van der Waals surface area contributed by atoms with Gasteiger partial charge in [-0.05, 0) is 6.92 Å². The Labute approximate surface area is 84.9 Å². The molecule has 0 N–H and O–H groups in total. The van der Waals surface area contributed by atoms with Gasteiger partial charge in [-0.2, -0.15) is 4.59 Å². The van der Waals surface area contributed by atoms with E-state index in [9.17, 15) is 5.11 Å². The highest BCUT2D eigenvalue weighted by Gasteiger charge is 2.13. The third-order valence-electron chi connectivity index (χ3n) is 1.82. The van der Waals surface area contributed by atoms with E-state index in [0.29, 0.717) is 4.59 Å². The Bertz CT molecular complexity index is 313. The average molecular weight is 192 g/mol. The number of nitrogens with zero attached hydrogens (tertiary/aromatic N) is 2. The molecule has 0 bridgehead atoms. The number of rotatable bonds is 3. The fraction of sp³-hybridized carbons (Fsp3) is 0.364. The Hall–Kier alpha value is -1.35. The second-order valence-corrected chi connectivity index (χ2v) is 3.88. The zero-order chi connectivity index (χ0) is 10.6. The first kappa shape index (κ1) is 10.7. The number of hydrogen-bond acceptors (Lipinski definition) is 2. The summed E-state index contributed by atoms with van der Waals surface area (Å²) in [5.41, 5.74) is 1.18. The lowest BCUT2D eigenvalue weighted by atomic mass is 10.2. The first-order valence-electron chi connectivity index (χ1n) is 4.60. The van der Waals surface area contributed by atoms with E-state index in [0.717, 1.165) is 6.54 Å². The van der Waals surface area contributed by atoms with Gasteiger partial charge in [0.15, 0.2) is 0 Å². The Kier molecular flexibility index (Phi) is 3.25. The lowest BCUT2D eigenvalue weighted by Crippen LogP contribution is -2.35. The van der Waals surface area contributed by atoms with E-state index in [1.807, 2.05) is 44.4 Å². The summed E-state index contributed by atoms with van der Waals surface area (Å²) in [4.78, 5) is 0. The molecule has 0 saturated carbocycles. The molecule has 3 nitrogen and oxygen atoms in total. The Morgan fingerprint density at radius 3 is 2.36 bits per heavy atom. The summed E-state index contributed by atoms with van der Waals surface area (Å²) in [5, 5.41) is 14.9. The van der Waals surface area contributed by atoms with Gasteiger partial charge >= 0.3 is 0 Å². The van der Waals surface area contributed by atoms with Gasteiger partial charge in [0, 0.05) is 11.5 Å². The molecule has 0 radical (unpaired) electrons. The predicted octanol–water partition coefficient (Wildman–Crippen LogP) is 0.957. The van der Waals surface area contributed by atoms with E-state index in [4.69, 9.17) is 0 Å². The van der Waals surface area contributed by atoms with Crippen LogP contribution in [0.25, 0.3) is 0 Å². The van der Waals surface area contributed by atoms with Crippen molar-refractivity contribution in [2.45, 2.75) is 13.5 Å². The molecular weight excluding hydrogens is 176 g/mol. The quantitative estimate of drug-likeness (QED) is 0.304. The smallest absolute Gasteiger partial charge is 0.128 e. The number of quaternary nitrogens is 1. The minimum Gasteiger partial charge on any atom is -0.858 e. The molecule has 14 heavy (non-hydrogen) atoms. The average Bonchev–Trinajstić information content (AvgIpc) is 2.02. The van der Waals surface area contributed by atoms with Gasteiger partial charge in [-0.25, -0.2) is 0 Å². The summed E-state index contributed by atoms with van der Waals surface area (Å²) in [6.07, 6.45) is 0. The van der Waals surface area contributed by atoms with Crippen LogP contribution in [0.3, 0.4) is 0 Å². The fourth-order valence-corrected chi connectivity index (χ4v) is 1.45. The van der Waals surface area contributed by atoms with Crippen molar-refractivity contribution in [1.82, 2.24) is 0 Å². The molecular formula is C11H16N2O. The van der Waals surface area contributed by atoms with Crippen LogP contribution < -0.4 is 5.11 Å². The second kappa shape index (κ2) is 4.24. The van der Waals surface area contributed by atoms with Crippen LogP contribution in [-0.4, -0.2) is 24.6 Å². The van der Waals surface area contributed by atoms with Crippen LogP contribution in [0.4, 0.5) is 0 Å². The molecule has 0 spiro atoms. The highest BCUT2D eigenvalue weighted by molar-refractivity contribution is 5.67. The molecule has 3 heteroatoms. The molecule has 0 aromatic heterocycles. The molecule has 0 aliphatic rings. The summed E-state index contributed by atoms with van der Waals surface area (Å²) >= 11 is 0. The summed E-state index contributed by atoms with van der Waals surface area (Å²) in [5.74, 6) is -0.133. The van der Waals surface area contributed by atoms with Crippen LogP contribution >= 0.6 is 0 Å². The zero-order valence-electron chi connectivity index (χ0n) is 8.90. The summed E-state index contributed by atoms with van der Waals surface area (Å²) in [7, 11) is 3.82. The molecule has 0 fully saturated rings. The maximum Gasteiger partial charge on any atom is 0.128 e. The third kappa shape index (κ3) is 3.58. The Morgan fingerprint density at radius 2 is 1.86 bits per heavy atom. The van der Waals surface area contributed by atoms with Gasteiger partial charge in [0.1, 0.15) is 6.54 Å². The van der Waals surface area contributed by atoms with Crippen LogP contribution in [0.15, 0.2) is 35.4 Å². The molecule has 0 amide bonds. The number of hydrogen-bond donors (Lipinski definition) is 0. The van der Waals surface area contributed by atoms with Crippen LogP contribution in [0.2, 0.25) is 0 Å². The van der Waals surface area contributed by atoms with Crippen LogP contribution in [0, 0.1) is 0 Å². The SMILES string of the molecule is C/C([O-])=N/[N+](C)(C)Cc1ccccc1. The Balaban J connectivity index is 2.74. The van der Waals surface area contributed by atoms with Gasteiger partial charge in [0.2, 0.25) is 0 Å². The van der Waals surface area contributed by atoms with E-state index in [1.165, 1.54) is 12.5 Å². The molecule has 76 valence electrons. The van der Waals surface area contributed by atoms with E-state index in [-0.39, 0.29) is 5.90 Å². The lowest BCUT2D eigenvalue weighted by Gasteiger charge is -2.24. The van der Waals surface area contributed by atoms with Gasteiger partial charge in [-0.15, -0.1) is 5.10 Å². The van der Waals surface area contributed by atoms with Crippen molar-refractivity contribution in [1.29, 1.82) is 0 Å². The van der Waals surface area contributed by atoms with Crippen molar-refractivity contribution < 1.29 is 9.70 Å². The third-order valence-corrected chi connectivity index (χ3v) is 1.82. The molecule has 1 rings (SSSR count). The number of benzene rings is 1. The molecule has 1 aromatic carbocycles. The topological polar surface area (TPSA) is 35.4 Å². The van der Waals surface area contributed by atoms with Gasteiger partial charge in [-0.3, -0.25) is 0 Å². The van der Waals surface area contributed by atoms with E-state index in [2.05, 4.69) is 5.10 Å². The van der Waals surface area contributed by atoms with Gasteiger partial charge in [-0.1, -0.05) is 30.3 Å². The largest absolute Gasteiger partial charge is 0.858 e. The van der Waals surface area contributed by atoms with Crippen molar-refractivity contribution in [3.63, 3.8) is 0 Å². The highest BCUT2D eigenvalue weighted by atomic mass is 16.3. The van der Waals surface area contributed by atoms with Crippen molar-refractivity contribution in [3.05, 3.63) is 35.9 Å². The molecule has 0 unspecified atom stereocenters. The lowest BCUT2D eigenvalue weighted by molar-refractivity contribution is -0.911. The zero-order valence-corrected chi connectivity index (χ0v) is 8.90. The summed E-state index contributed by atoms with van der Waals surface area (Å²) in [6, 6.07) is 10.0. The molecule has 0 aliphatic heterocycles. The molecule has 0 atom stereocenters. The normalized spacial score (nSPS) is 12.9. The van der Waals surface area contributed by atoms with Gasteiger partial charge in [0.25, 0.3) is 0 Å². The van der Waals surface area contributed by atoms with Crippen molar-refractivity contribution in [2.24, 2.45) is 5.10 Å². The highest BCUT2D eigenvalue weighted by Crippen LogP contribution is 2.09. The second-order valence-electron chi connectivity index (χ2n) is 3.88. The maximum atomic E-state index is 10.9. The first-order valence-corrected chi connectivity index (χ1v) is 4.60. The predicted molar refractivity (Wildman–Crippen MR) is 55.4 cm³/mol. The van der Waals surface area contributed by atoms with E-state index < -0.39 is 0 Å². The van der Waals surface area contributed by atoms with E-state index in [1.54, 1.807) is 0 Å².